The predicted octanol–water partition coefficient (Wildman–Crippen LogP) is 3.79. The first-order chi connectivity index (χ1) is 15.3. The van der Waals surface area contributed by atoms with E-state index in [1.54, 1.807) is 0 Å². The lowest BCUT2D eigenvalue weighted by Crippen LogP contribution is -2.36. The second kappa shape index (κ2) is 10.9. The maximum Gasteiger partial charge on any atom is 0.333 e. The molecule has 0 saturated heterocycles. The molecule has 2 rings (SSSR count). The van der Waals surface area contributed by atoms with Gasteiger partial charge >= 0.3 is 6.03 Å². The van der Waals surface area contributed by atoms with Gasteiger partial charge in [0.25, 0.3) is 10.0 Å². The van der Waals surface area contributed by atoms with Crippen LogP contribution in [0.1, 0.15) is 61.9 Å². The SMILES string of the molecule is Cc1cc(C(C)C)c(NC(=O)NS(=O)(=O)c2nc(OCCN(C)C)cnc2C)c(C(C)C)c1. The van der Waals surface area contributed by atoms with E-state index in [9.17, 15) is 13.2 Å². The molecule has 0 spiro atoms. The third-order valence-corrected chi connectivity index (χ3v) is 6.34. The smallest absolute Gasteiger partial charge is 0.333 e. The van der Waals surface area contributed by atoms with Crippen molar-refractivity contribution in [1.29, 1.82) is 0 Å². The number of nitrogens with one attached hydrogen (secondary N) is 2. The van der Waals surface area contributed by atoms with Crippen LogP contribution in [0.3, 0.4) is 0 Å². The van der Waals surface area contributed by atoms with Crippen molar-refractivity contribution in [2.75, 3.05) is 32.6 Å². The Balaban J connectivity index is 2.29. The van der Waals surface area contributed by atoms with E-state index in [0.717, 1.165) is 16.7 Å². The van der Waals surface area contributed by atoms with Crippen LogP contribution in [0.4, 0.5) is 10.5 Å². The normalized spacial score (nSPS) is 11.8. The molecular weight excluding hydrogens is 442 g/mol. The third kappa shape index (κ3) is 7.13. The average Bonchev–Trinajstić information content (AvgIpc) is 2.69. The lowest BCUT2D eigenvalue weighted by Gasteiger charge is -2.21. The number of carbonyl (C=O) groups excluding carboxylic acids is 1. The Kier molecular flexibility index (Phi) is 8.79. The standard InChI is InChI=1S/C23H35N5O4S/c1-14(2)18-11-16(5)12-19(15(3)4)21(18)26-23(29)27-33(30,31)22-17(6)24-13-20(25-22)32-10-9-28(7)8/h11-15H,9-10H2,1-8H3,(H2,26,27,29). The molecule has 9 nitrogen and oxygen atoms in total. The van der Waals surface area contributed by atoms with Gasteiger partial charge in [0, 0.05) is 12.2 Å². The van der Waals surface area contributed by atoms with Gasteiger partial charge in [-0.25, -0.2) is 9.52 Å². The molecule has 0 radical (unpaired) electrons. The van der Waals surface area contributed by atoms with Gasteiger partial charge in [-0.05, 0) is 50.9 Å². The molecule has 0 aliphatic heterocycles. The van der Waals surface area contributed by atoms with Crippen molar-refractivity contribution < 1.29 is 17.9 Å². The van der Waals surface area contributed by atoms with Gasteiger partial charge in [-0.15, -0.1) is 0 Å². The van der Waals surface area contributed by atoms with Crippen molar-refractivity contribution >= 4 is 21.7 Å². The molecule has 0 bridgehead atoms. The quantitative estimate of drug-likeness (QED) is 0.565. The third-order valence-electron chi connectivity index (χ3n) is 4.99. The highest BCUT2D eigenvalue weighted by Crippen LogP contribution is 2.33. The van der Waals surface area contributed by atoms with Crippen LogP contribution in [0.25, 0.3) is 0 Å². The van der Waals surface area contributed by atoms with E-state index in [0.29, 0.717) is 18.8 Å². The number of aromatic nitrogens is 2. The first-order valence-electron chi connectivity index (χ1n) is 10.9. The molecule has 1 aromatic heterocycles. The monoisotopic (exact) mass is 477 g/mol. The summed E-state index contributed by atoms with van der Waals surface area (Å²) in [4.78, 5) is 22.9. The fourth-order valence-electron chi connectivity index (χ4n) is 3.28. The molecule has 0 fully saturated rings. The molecule has 0 atom stereocenters. The number of amides is 2. The van der Waals surface area contributed by atoms with Gasteiger partial charge in [0.1, 0.15) is 6.61 Å². The van der Waals surface area contributed by atoms with E-state index in [4.69, 9.17) is 4.74 Å². The van der Waals surface area contributed by atoms with E-state index >= 15 is 0 Å². The maximum atomic E-state index is 12.9. The van der Waals surface area contributed by atoms with Crippen LogP contribution in [0, 0.1) is 13.8 Å². The van der Waals surface area contributed by atoms with Gasteiger partial charge < -0.3 is 15.0 Å². The molecule has 2 amide bonds. The van der Waals surface area contributed by atoms with Crippen LogP contribution in [0.5, 0.6) is 5.88 Å². The van der Waals surface area contributed by atoms with Crippen molar-refractivity contribution in [2.24, 2.45) is 0 Å². The molecule has 2 aromatic rings. The predicted molar refractivity (Wildman–Crippen MR) is 130 cm³/mol. The Labute approximate surface area is 197 Å². The summed E-state index contributed by atoms with van der Waals surface area (Å²) in [6.45, 7) is 12.6. The highest BCUT2D eigenvalue weighted by molar-refractivity contribution is 7.90. The van der Waals surface area contributed by atoms with Crippen molar-refractivity contribution in [3.8, 4) is 5.88 Å². The van der Waals surface area contributed by atoms with Gasteiger partial charge in [-0.1, -0.05) is 45.4 Å². The number of sulfonamides is 1. The van der Waals surface area contributed by atoms with Gasteiger partial charge in [0.2, 0.25) is 10.9 Å². The number of benzene rings is 1. The fourth-order valence-corrected chi connectivity index (χ4v) is 4.33. The molecule has 0 unspecified atom stereocenters. The second-order valence-electron chi connectivity index (χ2n) is 8.94. The highest BCUT2D eigenvalue weighted by atomic mass is 32.2. The van der Waals surface area contributed by atoms with Crippen molar-refractivity contribution in [3.05, 3.63) is 40.7 Å². The summed E-state index contributed by atoms with van der Waals surface area (Å²) >= 11 is 0. The molecule has 33 heavy (non-hydrogen) atoms. The first-order valence-corrected chi connectivity index (χ1v) is 12.4. The number of hydrogen-bond acceptors (Lipinski definition) is 7. The van der Waals surface area contributed by atoms with E-state index in [1.807, 2.05) is 65.7 Å². The van der Waals surface area contributed by atoms with Gasteiger partial charge in [-0.3, -0.25) is 4.98 Å². The lowest BCUT2D eigenvalue weighted by atomic mass is 9.90. The van der Waals surface area contributed by atoms with Crippen LogP contribution < -0.4 is 14.8 Å². The zero-order valence-corrected chi connectivity index (χ0v) is 21.5. The van der Waals surface area contributed by atoms with Crippen molar-refractivity contribution in [2.45, 2.75) is 58.4 Å². The largest absolute Gasteiger partial charge is 0.475 e. The molecule has 182 valence electrons. The maximum absolute atomic E-state index is 12.9. The van der Waals surface area contributed by atoms with Gasteiger partial charge in [-0.2, -0.15) is 13.4 Å². The molecule has 0 aliphatic rings. The number of nitrogens with zero attached hydrogens (tertiary/aromatic N) is 3. The average molecular weight is 478 g/mol. The summed E-state index contributed by atoms with van der Waals surface area (Å²) in [5.41, 5.74) is 3.76. The van der Waals surface area contributed by atoms with E-state index in [2.05, 4.69) is 20.0 Å². The molecule has 0 saturated carbocycles. The van der Waals surface area contributed by atoms with Crippen molar-refractivity contribution in [1.82, 2.24) is 19.6 Å². The summed E-state index contributed by atoms with van der Waals surface area (Å²) in [6, 6.07) is 3.15. The minimum absolute atomic E-state index is 0.0750. The number of anilines is 1. The number of ether oxygens (including phenoxy) is 1. The summed E-state index contributed by atoms with van der Waals surface area (Å²) in [6.07, 6.45) is 1.36. The molecule has 2 N–H and O–H groups in total. The minimum atomic E-state index is -4.27. The summed E-state index contributed by atoms with van der Waals surface area (Å²) in [7, 11) is -0.485. The van der Waals surface area contributed by atoms with Crippen LogP contribution in [0.2, 0.25) is 0 Å². The summed E-state index contributed by atoms with van der Waals surface area (Å²) in [5.74, 6) is 0.350. The lowest BCUT2D eigenvalue weighted by molar-refractivity contribution is 0.251. The number of rotatable bonds is 9. The first kappa shape index (κ1) is 26.5. The number of hydrogen-bond donors (Lipinski definition) is 2. The Bertz CT molecular complexity index is 1070. The highest BCUT2D eigenvalue weighted by Gasteiger charge is 2.25. The minimum Gasteiger partial charge on any atom is -0.475 e. The summed E-state index contributed by atoms with van der Waals surface area (Å²) in [5, 5.41) is 2.41. The Hall–Kier alpha value is -2.72. The number of carbonyl (C=O) groups is 1. The molecule has 10 heteroatoms. The molecule has 0 aliphatic carbocycles. The van der Waals surface area contributed by atoms with Crippen LogP contribution in [0.15, 0.2) is 23.4 Å². The van der Waals surface area contributed by atoms with Crippen LogP contribution in [-0.4, -0.2) is 56.6 Å². The Morgan fingerprint density at radius 1 is 1.09 bits per heavy atom. The topological polar surface area (TPSA) is 114 Å². The van der Waals surface area contributed by atoms with Crippen LogP contribution in [-0.2, 0) is 10.0 Å². The molecule has 1 aromatic carbocycles. The zero-order valence-electron chi connectivity index (χ0n) is 20.7. The van der Waals surface area contributed by atoms with Gasteiger partial charge in [0.05, 0.1) is 11.9 Å². The second-order valence-corrected chi connectivity index (χ2v) is 10.5. The fraction of sp³-hybridized carbons (Fsp3) is 0.522. The Morgan fingerprint density at radius 2 is 1.67 bits per heavy atom. The van der Waals surface area contributed by atoms with E-state index in [1.165, 1.54) is 13.1 Å². The van der Waals surface area contributed by atoms with Crippen LogP contribution >= 0.6 is 0 Å². The van der Waals surface area contributed by atoms with E-state index < -0.39 is 16.1 Å². The molecule has 1 heterocycles. The number of urea groups is 1. The van der Waals surface area contributed by atoms with Crippen molar-refractivity contribution in [3.63, 3.8) is 0 Å². The number of aryl methyl sites for hydroxylation is 2. The zero-order chi connectivity index (χ0) is 24.9. The van der Waals surface area contributed by atoms with Gasteiger partial charge in [0.15, 0.2) is 0 Å². The number of likely N-dealkylation sites (N-methyl/N-ethyl adjacent to an activating group) is 1. The molecular formula is C23H35N5O4S. The Morgan fingerprint density at radius 3 is 2.18 bits per heavy atom. The van der Waals surface area contributed by atoms with E-state index in [-0.39, 0.29) is 28.4 Å². The summed E-state index contributed by atoms with van der Waals surface area (Å²) < 4.78 is 33.4.